The predicted octanol–water partition coefficient (Wildman–Crippen LogP) is -0.506. The van der Waals surface area contributed by atoms with E-state index in [1.807, 2.05) is 13.8 Å². The molecule has 0 spiro atoms. The molecule has 1 saturated heterocycles. The minimum atomic E-state index is -3.53. The van der Waals surface area contributed by atoms with Gasteiger partial charge in [-0.1, -0.05) is 13.8 Å². The van der Waals surface area contributed by atoms with Gasteiger partial charge >= 0.3 is 5.97 Å². The van der Waals surface area contributed by atoms with Gasteiger partial charge in [0.1, 0.15) is 0 Å². The van der Waals surface area contributed by atoms with E-state index < -0.39 is 33.8 Å². The number of hydrogen-bond donors (Lipinski definition) is 2. The molecular formula is C9H17NO5S. The van der Waals surface area contributed by atoms with Crippen LogP contribution in [0, 0.1) is 5.92 Å². The van der Waals surface area contributed by atoms with Gasteiger partial charge in [-0.05, 0) is 5.92 Å². The lowest BCUT2D eigenvalue weighted by molar-refractivity contribution is -0.136. The van der Waals surface area contributed by atoms with Crippen LogP contribution in [0.15, 0.2) is 0 Å². The summed E-state index contributed by atoms with van der Waals surface area (Å²) >= 11 is 0. The summed E-state index contributed by atoms with van der Waals surface area (Å²) in [7, 11) is -3.53. The molecule has 0 aromatic rings. The first-order chi connectivity index (χ1) is 7.17. The van der Waals surface area contributed by atoms with Crippen LogP contribution in [0.1, 0.15) is 20.3 Å². The van der Waals surface area contributed by atoms with Gasteiger partial charge in [-0.15, -0.1) is 0 Å². The Kier molecular flexibility index (Phi) is 3.61. The number of aliphatic hydroxyl groups is 1. The Morgan fingerprint density at radius 2 is 1.94 bits per heavy atom. The maximum absolute atomic E-state index is 11.6. The lowest BCUT2D eigenvalue weighted by Gasteiger charge is -2.47. The zero-order valence-corrected chi connectivity index (χ0v) is 10.2. The second-order valence-corrected chi connectivity index (χ2v) is 6.57. The highest BCUT2D eigenvalue weighted by Gasteiger charge is 2.48. The van der Waals surface area contributed by atoms with Crippen LogP contribution in [-0.2, 0) is 14.8 Å². The Labute approximate surface area is 94.9 Å². The Hall–Kier alpha value is -0.660. The van der Waals surface area contributed by atoms with E-state index in [1.165, 1.54) is 0 Å². The monoisotopic (exact) mass is 251 g/mol. The molecule has 0 bridgehead atoms. The fourth-order valence-electron chi connectivity index (χ4n) is 1.47. The maximum Gasteiger partial charge on any atom is 0.304 e. The Morgan fingerprint density at radius 3 is 2.31 bits per heavy atom. The van der Waals surface area contributed by atoms with Gasteiger partial charge in [-0.2, -0.15) is 4.31 Å². The topological polar surface area (TPSA) is 94.9 Å². The van der Waals surface area contributed by atoms with Gasteiger partial charge < -0.3 is 10.2 Å². The minimum absolute atomic E-state index is 0.0153. The highest BCUT2D eigenvalue weighted by Crippen LogP contribution is 2.30. The van der Waals surface area contributed by atoms with Crippen molar-refractivity contribution in [2.45, 2.75) is 25.9 Å². The Balaban J connectivity index is 2.53. The number of hydrogen-bond acceptors (Lipinski definition) is 4. The predicted molar refractivity (Wildman–Crippen MR) is 57.4 cm³/mol. The van der Waals surface area contributed by atoms with E-state index in [-0.39, 0.29) is 19.0 Å². The smallest absolute Gasteiger partial charge is 0.304 e. The standard InChI is InChI=1S/C9H17NO5S/c1-7(2)9(13)5-10(6-9)16(14,15)4-3-8(11)12/h7,13H,3-6H2,1-2H3,(H,11,12). The molecule has 0 radical (unpaired) electrons. The van der Waals surface area contributed by atoms with E-state index >= 15 is 0 Å². The molecule has 2 N–H and O–H groups in total. The summed E-state index contributed by atoms with van der Waals surface area (Å²) in [6.45, 7) is 3.77. The molecule has 0 aromatic heterocycles. The van der Waals surface area contributed by atoms with Crippen molar-refractivity contribution in [2.75, 3.05) is 18.8 Å². The molecule has 0 atom stereocenters. The van der Waals surface area contributed by atoms with Crippen molar-refractivity contribution in [2.24, 2.45) is 5.92 Å². The van der Waals surface area contributed by atoms with E-state index in [2.05, 4.69) is 0 Å². The first kappa shape index (κ1) is 13.4. The van der Waals surface area contributed by atoms with Gasteiger partial charge in [0.2, 0.25) is 10.0 Å². The molecule has 0 saturated carbocycles. The van der Waals surface area contributed by atoms with Crippen LogP contribution >= 0.6 is 0 Å². The van der Waals surface area contributed by atoms with Crippen LogP contribution < -0.4 is 0 Å². The highest BCUT2D eigenvalue weighted by atomic mass is 32.2. The van der Waals surface area contributed by atoms with Crippen molar-refractivity contribution < 1.29 is 23.4 Å². The Morgan fingerprint density at radius 1 is 1.44 bits per heavy atom. The summed E-state index contributed by atoms with van der Waals surface area (Å²) in [4.78, 5) is 10.3. The van der Waals surface area contributed by atoms with Crippen molar-refractivity contribution in [3.8, 4) is 0 Å². The van der Waals surface area contributed by atoms with Gasteiger partial charge in [-0.3, -0.25) is 4.79 Å². The van der Waals surface area contributed by atoms with Gasteiger partial charge in [0.05, 0.1) is 17.8 Å². The van der Waals surface area contributed by atoms with E-state index in [4.69, 9.17) is 5.11 Å². The minimum Gasteiger partial charge on any atom is -0.481 e. The summed E-state index contributed by atoms with van der Waals surface area (Å²) in [5.41, 5.74) is -0.962. The van der Waals surface area contributed by atoms with Crippen molar-refractivity contribution in [3.05, 3.63) is 0 Å². The van der Waals surface area contributed by atoms with Crippen molar-refractivity contribution in [1.29, 1.82) is 0 Å². The molecule has 1 fully saturated rings. The van der Waals surface area contributed by atoms with Gasteiger partial charge in [0, 0.05) is 13.1 Å². The van der Waals surface area contributed by atoms with Gasteiger partial charge in [0.15, 0.2) is 0 Å². The molecule has 16 heavy (non-hydrogen) atoms. The van der Waals surface area contributed by atoms with Gasteiger partial charge in [0.25, 0.3) is 0 Å². The molecule has 1 aliphatic rings. The van der Waals surface area contributed by atoms with Crippen LogP contribution in [0.2, 0.25) is 0 Å². The van der Waals surface area contributed by atoms with Crippen molar-refractivity contribution >= 4 is 16.0 Å². The number of aliphatic carboxylic acids is 1. The van der Waals surface area contributed by atoms with Crippen LogP contribution in [0.5, 0.6) is 0 Å². The summed E-state index contributed by atoms with van der Waals surface area (Å²) in [6.07, 6.45) is -0.404. The SMILES string of the molecule is CC(C)C1(O)CN(S(=O)(=O)CCC(=O)O)C1. The largest absolute Gasteiger partial charge is 0.481 e. The summed E-state index contributed by atoms with van der Waals surface area (Å²) < 4.78 is 24.3. The van der Waals surface area contributed by atoms with E-state index in [1.54, 1.807) is 0 Å². The molecule has 94 valence electrons. The molecule has 1 rings (SSSR count). The third-order valence-electron chi connectivity index (χ3n) is 2.94. The Bertz CT molecular complexity index is 369. The number of nitrogens with zero attached hydrogens (tertiary/aromatic N) is 1. The lowest BCUT2D eigenvalue weighted by Crippen LogP contribution is -2.66. The van der Waals surface area contributed by atoms with Crippen molar-refractivity contribution in [3.63, 3.8) is 0 Å². The molecule has 6 nitrogen and oxygen atoms in total. The summed E-state index contributed by atoms with van der Waals surface area (Å²) in [5, 5.41) is 18.3. The fraction of sp³-hybridized carbons (Fsp3) is 0.889. The van der Waals surface area contributed by atoms with Crippen LogP contribution in [0.3, 0.4) is 0 Å². The maximum atomic E-state index is 11.6. The molecule has 7 heteroatoms. The second kappa shape index (κ2) is 4.31. The normalized spacial score (nSPS) is 20.8. The fourth-order valence-corrected chi connectivity index (χ4v) is 3.00. The van der Waals surface area contributed by atoms with Crippen LogP contribution in [-0.4, -0.2) is 53.3 Å². The molecule has 0 unspecified atom stereocenters. The van der Waals surface area contributed by atoms with E-state index in [9.17, 15) is 18.3 Å². The molecule has 1 aliphatic heterocycles. The average Bonchev–Trinajstić information content (AvgIpc) is 2.09. The van der Waals surface area contributed by atoms with E-state index in [0.29, 0.717) is 0 Å². The second-order valence-electron chi connectivity index (χ2n) is 4.49. The number of carboxylic acids is 1. The summed E-state index contributed by atoms with van der Waals surface area (Å²) in [6, 6.07) is 0. The molecule has 1 heterocycles. The zero-order valence-electron chi connectivity index (χ0n) is 9.38. The quantitative estimate of drug-likeness (QED) is 0.686. The number of β-amino-alcohol motifs (C(OH)–C–C–N with tert-alkyl or cyclic N) is 1. The number of carboxylic acid groups (broad SMARTS) is 1. The summed E-state index contributed by atoms with van der Waals surface area (Å²) in [5.74, 6) is -1.56. The molecular weight excluding hydrogens is 234 g/mol. The van der Waals surface area contributed by atoms with Crippen molar-refractivity contribution in [1.82, 2.24) is 4.31 Å². The number of carbonyl (C=O) groups is 1. The number of sulfonamides is 1. The lowest BCUT2D eigenvalue weighted by atomic mass is 9.85. The average molecular weight is 251 g/mol. The third-order valence-corrected chi connectivity index (χ3v) is 4.71. The first-order valence-corrected chi connectivity index (χ1v) is 6.70. The third kappa shape index (κ3) is 2.72. The van der Waals surface area contributed by atoms with Gasteiger partial charge in [-0.25, -0.2) is 8.42 Å². The van der Waals surface area contributed by atoms with Crippen LogP contribution in [0.4, 0.5) is 0 Å². The first-order valence-electron chi connectivity index (χ1n) is 5.09. The molecule has 0 amide bonds. The highest BCUT2D eigenvalue weighted by molar-refractivity contribution is 7.89. The van der Waals surface area contributed by atoms with E-state index in [0.717, 1.165) is 4.31 Å². The molecule has 0 aliphatic carbocycles. The van der Waals surface area contributed by atoms with Crippen LogP contribution in [0.25, 0.3) is 0 Å². The zero-order chi connectivity index (χ0) is 12.6. The molecule has 0 aromatic carbocycles. The number of rotatable bonds is 5.